The van der Waals surface area contributed by atoms with Crippen molar-refractivity contribution < 1.29 is 23.2 Å². The molecule has 110 valence electrons. The minimum absolute atomic E-state index is 0.00345. The minimum Gasteiger partial charge on any atom is -0.387 e. The van der Waals surface area contributed by atoms with Gasteiger partial charge in [-0.1, -0.05) is 0 Å². The van der Waals surface area contributed by atoms with Crippen LogP contribution in [0, 0.1) is 10.1 Å². The first kappa shape index (κ1) is 14.7. The Balaban J connectivity index is 1.95. The van der Waals surface area contributed by atoms with E-state index in [1.807, 2.05) is 0 Å². The molecule has 0 saturated heterocycles. The van der Waals surface area contributed by atoms with Crippen LogP contribution in [-0.2, 0) is 0 Å². The largest absolute Gasteiger partial charge is 0.406 e. The number of alkyl halides is 3. The summed E-state index contributed by atoms with van der Waals surface area (Å²) in [5, 5.41) is 22.6. The molecule has 1 aromatic rings. The third kappa shape index (κ3) is 2.91. The Hall–Kier alpha value is -1.67. The number of hydrogen-bond donors (Lipinski definition) is 2. The van der Waals surface area contributed by atoms with Gasteiger partial charge in [0.1, 0.15) is 5.54 Å². The Labute approximate surface area is 112 Å². The number of nitrogens with one attached hydrogen (secondary N) is 1. The van der Waals surface area contributed by atoms with Crippen LogP contribution in [0.3, 0.4) is 0 Å². The summed E-state index contributed by atoms with van der Waals surface area (Å²) in [4.78, 5) is 9.88. The van der Waals surface area contributed by atoms with Crippen molar-refractivity contribution in [1.82, 2.24) is 5.32 Å². The van der Waals surface area contributed by atoms with Crippen molar-refractivity contribution in [2.75, 3.05) is 6.54 Å². The number of rotatable bonds is 5. The normalized spacial score (nSPS) is 18.6. The molecule has 1 aromatic carbocycles. The fraction of sp³-hybridized carbons (Fsp3) is 0.500. The lowest BCUT2D eigenvalue weighted by atomic mass is 10.1. The molecule has 0 aliphatic heterocycles. The number of nitrogens with zero attached hydrogens (tertiary/aromatic N) is 1. The van der Waals surface area contributed by atoms with Crippen LogP contribution >= 0.6 is 0 Å². The zero-order chi connectivity index (χ0) is 15.0. The van der Waals surface area contributed by atoms with Crippen LogP contribution < -0.4 is 5.32 Å². The van der Waals surface area contributed by atoms with E-state index >= 15 is 0 Å². The van der Waals surface area contributed by atoms with Gasteiger partial charge in [0.2, 0.25) is 0 Å². The van der Waals surface area contributed by atoms with Gasteiger partial charge in [0.25, 0.3) is 5.69 Å². The second-order valence-electron chi connectivity index (χ2n) is 4.83. The molecular formula is C12H13F3N2O3. The van der Waals surface area contributed by atoms with Gasteiger partial charge in [0, 0.05) is 18.7 Å². The van der Waals surface area contributed by atoms with Gasteiger partial charge in [0.05, 0.1) is 11.0 Å². The summed E-state index contributed by atoms with van der Waals surface area (Å²) in [5.41, 5.74) is -1.68. The quantitative estimate of drug-likeness (QED) is 0.644. The fourth-order valence-corrected chi connectivity index (χ4v) is 1.91. The maximum Gasteiger partial charge on any atom is 0.406 e. The Bertz CT molecular complexity index is 498. The van der Waals surface area contributed by atoms with E-state index in [9.17, 15) is 28.4 Å². The molecule has 1 unspecified atom stereocenters. The third-order valence-corrected chi connectivity index (χ3v) is 3.42. The molecule has 20 heavy (non-hydrogen) atoms. The molecule has 1 atom stereocenters. The van der Waals surface area contributed by atoms with E-state index in [0.717, 1.165) is 0 Å². The lowest BCUT2D eigenvalue weighted by molar-refractivity contribution is -0.384. The number of aliphatic hydroxyl groups excluding tert-OH is 1. The number of halogens is 3. The van der Waals surface area contributed by atoms with Crippen molar-refractivity contribution in [2.24, 2.45) is 0 Å². The number of non-ortho nitro benzene ring substituents is 1. The standard InChI is InChI=1S/C12H13F3N2O3/c13-12(14,15)11(5-6-11)16-7-10(18)8-1-3-9(4-2-8)17(19)20/h1-4,10,16,18H,5-7H2. The molecule has 0 radical (unpaired) electrons. The molecule has 1 aliphatic carbocycles. The van der Waals surface area contributed by atoms with E-state index in [-0.39, 0.29) is 25.1 Å². The van der Waals surface area contributed by atoms with Crippen LogP contribution in [0.25, 0.3) is 0 Å². The topological polar surface area (TPSA) is 75.4 Å². The molecule has 0 aromatic heterocycles. The zero-order valence-electron chi connectivity index (χ0n) is 10.4. The van der Waals surface area contributed by atoms with Gasteiger partial charge in [-0.2, -0.15) is 13.2 Å². The summed E-state index contributed by atoms with van der Waals surface area (Å²) in [7, 11) is 0. The van der Waals surface area contributed by atoms with Crippen LogP contribution in [0.1, 0.15) is 24.5 Å². The van der Waals surface area contributed by atoms with E-state index in [1.165, 1.54) is 24.3 Å². The molecule has 0 heterocycles. The number of nitro benzene ring substituents is 1. The molecule has 1 aliphatic rings. The summed E-state index contributed by atoms with van der Waals surface area (Å²) in [6.45, 7) is -0.253. The second-order valence-corrected chi connectivity index (χ2v) is 4.83. The van der Waals surface area contributed by atoms with E-state index < -0.39 is 22.7 Å². The Morgan fingerprint density at radius 3 is 2.30 bits per heavy atom. The monoisotopic (exact) mass is 290 g/mol. The van der Waals surface area contributed by atoms with Gasteiger partial charge < -0.3 is 10.4 Å². The molecule has 5 nitrogen and oxygen atoms in total. The van der Waals surface area contributed by atoms with Crippen LogP contribution in [0.2, 0.25) is 0 Å². The molecule has 2 N–H and O–H groups in total. The van der Waals surface area contributed by atoms with E-state index in [0.29, 0.717) is 5.56 Å². The molecular weight excluding hydrogens is 277 g/mol. The maximum absolute atomic E-state index is 12.7. The van der Waals surface area contributed by atoms with Crippen LogP contribution in [0.4, 0.5) is 18.9 Å². The van der Waals surface area contributed by atoms with Crippen molar-refractivity contribution in [2.45, 2.75) is 30.7 Å². The van der Waals surface area contributed by atoms with Crippen LogP contribution in [0.5, 0.6) is 0 Å². The highest BCUT2D eigenvalue weighted by Crippen LogP contribution is 2.49. The molecule has 8 heteroatoms. The lowest BCUT2D eigenvalue weighted by Crippen LogP contribution is -2.46. The average Bonchev–Trinajstić information content (AvgIpc) is 3.16. The van der Waals surface area contributed by atoms with Crippen molar-refractivity contribution in [3.8, 4) is 0 Å². The molecule has 1 fully saturated rings. The number of nitro groups is 1. The smallest absolute Gasteiger partial charge is 0.387 e. The summed E-state index contributed by atoms with van der Waals surface area (Å²) in [6, 6.07) is 5.07. The van der Waals surface area contributed by atoms with Gasteiger partial charge >= 0.3 is 6.18 Å². The van der Waals surface area contributed by atoms with Crippen molar-refractivity contribution in [1.29, 1.82) is 0 Å². The SMILES string of the molecule is O=[N+]([O-])c1ccc(C(O)CNC2(C(F)(F)F)CC2)cc1. The van der Waals surface area contributed by atoms with Crippen LogP contribution in [-0.4, -0.2) is 28.3 Å². The molecule has 1 saturated carbocycles. The van der Waals surface area contributed by atoms with E-state index in [1.54, 1.807) is 0 Å². The molecule has 0 bridgehead atoms. The van der Waals surface area contributed by atoms with Gasteiger partial charge in [-0.25, -0.2) is 0 Å². The highest BCUT2D eigenvalue weighted by molar-refractivity contribution is 5.33. The third-order valence-electron chi connectivity index (χ3n) is 3.42. The van der Waals surface area contributed by atoms with E-state index in [2.05, 4.69) is 5.32 Å². The Morgan fingerprint density at radius 2 is 1.90 bits per heavy atom. The summed E-state index contributed by atoms with van der Waals surface area (Å²) in [6.07, 6.45) is -5.47. The molecule has 0 spiro atoms. The number of β-amino-alcohol motifs (C(OH)–C–C–N with tert-alkyl or cyclic N) is 1. The van der Waals surface area contributed by atoms with Gasteiger partial charge in [-0.3, -0.25) is 10.1 Å². The second kappa shape index (κ2) is 5.02. The fourth-order valence-electron chi connectivity index (χ4n) is 1.91. The van der Waals surface area contributed by atoms with Crippen molar-refractivity contribution in [3.63, 3.8) is 0 Å². The van der Waals surface area contributed by atoms with Crippen molar-refractivity contribution in [3.05, 3.63) is 39.9 Å². The van der Waals surface area contributed by atoms with Crippen molar-refractivity contribution >= 4 is 5.69 Å². The first-order valence-electron chi connectivity index (χ1n) is 5.99. The zero-order valence-corrected chi connectivity index (χ0v) is 10.4. The first-order valence-corrected chi connectivity index (χ1v) is 5.99. The average molecular weight is 290 g/mol. The molecule has 2 rings (SSSR count). The Kier molecular flexibility index (Phi) is 3.70. The van der Waals surface area contributed by atoms with Crippen LogP contribution in [0.15, 0.2) is 24.3 Å². The first-order chi connectivity index (χ1) is 9.25. The summed E-state index contributed by atoms with van der Waals surface area (Å²) in [5.74, 6) is 0. The predicted octanol–water partition coefficient (Wildman–Crippen LogP) is 2.31. The van der Waals surface area contributed by atoms with Gasteiger partial charge in [-0.15, -0.1) is 0 Å². The highest BCUT2D eigenvalue weighted by atomic mass is 19.4. The summed E-state index contributed by atoms with van der Waals surface area (Å²) >= 11 is 0. The number of benzene rings is 1. The Morgan fingerprint density at radius 1 is 1.35 bits per heavy atom. The van der Waals surface area contributed by atoms with Gasteiger partial charge in [-0.05, 0) is 30.5 Å². The minimum atomic E-state index is -4.33. The number of aliphatic hydroxyl groups is 1. The highest BCUT2D eigenvalue weighted by Gasteiger charge is 2.63. The maximum atomic E-state index is 12.7. The summed E-state index contributed by atoms with van der Waals surface area (Å²) < 4.78 is 38.0. The number of hydrogen-bond acceptors (Lipinski definition) is 4. The predicted molar refractivity (Wildman–Crippen MR) is 64.1 cm³/mol. The van der Waals surface area contributed by atoms with E-state index in [4.69, 9.17) is 0 Å². The van der Waals surface area contributed by atoms with Gasteiger partial charge in [0.15, 0.2) is 0 Å². The lowest BCUT2D eigenvalue weighted by Gasteiger charge is -2.22. The molecule has 0 amide bonds.